The highest BCUT2D eigenvalue weighted by molar-refractivity contribution is 7.99. The number of aliphatic hydroxyl groups excluding tert-OH is 1. The summed E-state index contributed by atoms with van der Waals surface area (Å²) in [5, 5.41) is 9.98. The Labute approximate surface area is 76.2 Å². The van der Waals surface area contributed by atoms with Crippen LogP contribution in [0.25, 0.3) is 0 Å². The van der Waals surface area contributed by atoms with E-state index in [9.17, 15) is 0 Å². The molecule has 0 bridgehead atoms. The number of aliphatic hydroxyl groups is 1. The lowest BCUT2D eigenvalue weighted by molar-refractivity contribution is 0.280. The van der Waals surface area contributed by atoms with E-state index in [1.807, 2.05) is 0 Å². The zero-order valence-electron chi connectivity index (χ0n) is 7.19. The van der Waals surface area contributed by atoms with Crippen LogP contribution < -0.4 is 0 Å². The second-order valence-corrected chi connectivity index (χ2v) is 4.24. The van der Waals surface area contributed by atoms with Crippen molar-refractivity contribution in [2.45, 2.75) is 30.9 Å². The number of rotatable bonds is 3. The molecule has 0 aliphatic carbocycles. The molecule has 0 atom stereocenters. The molecular formula is C8H12N2OS. The summed E-state index contributed by atoms with van der Waals surface area (Å²) >= 11 is 1.61. The summed E-state index contributed by atoms with van der Waals surface area (Å²) in [5.74, 6) is 0. The molecule has 1 rings (SSSR count). The molecular weight excluding hydrogens is 172 g/mol. The third-order valence-corrected chi connectivity index (χ3v) is 2.10. The fourth-order valence-electron chi connectivity index (χ4n) is 0.696. The number of nitrogens with zero attached hydrogens (tertiary/aromatic N) is 2. The topological polar surface area (TPSA) is 46.0 Å². The molecule has 0 aliphatic heterocycles. The largest absolute Gasteiger partial charge is 0.392 e. The third-order valence-electron chi connectivity index (χ3n) is 1.21. The van der Waals surface area contributed by atoms with E-state index in [0.29, 0.717) is 5.25 Å². The molecule has 0 saturated heterocycles. The predicted molar refractivity (Wildman–Crippen MR) is 48.9 cm³/mol. The van der Waals surface area contributed by atoms with Crippen LogP contribution >= 0.6 is 11.8 Å². The molecule has 4 heteroatoms. The van der Waals surface area contributed by atoms with Crippen molar-refractivity contribution in [3.05, 3.63) is 18.0 Å². The Bertz CT molecular complexity index is 235. The van der Waals surface area contributed by atoms with Crippen LogP contribution in [0.2, 0.25) is 0 Å². The van der Waals surface area contributed by atoms with E-state index < -0.39 is 0 Å². The average Bonchev–Trinajstić information content (AvgIpc) is 2.05. The van der Waals surface area contributed by atoms with E-state index in [1.165, 1.54) is 0 Å². The van der Waals surface area contributed by atoms with Gasteiger partial charge in [0.1, 0.15) is 0 Å². The first-order valence-corrected chi connectivity index (χ1v) is 4.68. The quantitative estimate of drug-likeness (QED) is 0.571. The maximum Gasteiger partial charge on any atom is 0.187 e. The Kier molecular flexibility index (Phi) is 3.49. The molecule has 0 aliphatic rings. The molecule has 0 amide bonds. The van der Waals surface area contributed by atoms with Crippen LogP contribution in [-0.2, 0) is 6.61 Å². The van der Waals surface area contributed by atoms with Gasteiger partial charge >= 0.3 is 0 Å². The molecule has 0 aromatic carbocycles. The van der Waals surface area contributed by atoms with Gasteiger partial charge in [-0.2, -0.15) is 0 Å². The van der Waals surface area contributed by atoms with E-state index in [4.69, 9.17) is 5.11 Å². The number of hydrogen-bond donors (Lipinski definition) is 1. The van der Waals surface area contributed by atoms with E-state index >= 15 is 0 Å². The van der Waals surface area contributed by atoms with Gasteiger partial charge in [0.15, 0.2) is 5.16 Å². The maximum absolute atomic E-state index is 8.72. The Morgan fingerprint density at radius 2 is 2.00 bits per heavy atom. The van der Waals surface area contributed by atoms with Gasteiger partial charge in [-0.15, -0.1) is 0 Å². The third kappa shape index (κ3) is 2.79. The van der Waals surface area contributed by atoms with Crippen molar-refractivity contribution in [1.82, 2.24) is 9.97 Å². The first-order valence-electron chi connectivity index (χ1n) is 3.81. The molecule has 0 saturated carbocycles. The summed E-state index contributed by atoms with van der Waals surface area (Å²) in [6, 6.07) is 0. The van der Waals surface area contributed by atoms with Crippen LogP contribution in [0.4, 0.5) is 0 Å². The first kappa shape index (κ1) is 9.48. The Hall–Kier alpha value is -0.610. The van der Waals surface area contributed by atoms with Gasteiger partial charge in [0, 0.05) is 23.2 Å². The van der Waals surface area contributed by atoms with Crippen LogP contribution in [0.1, 0.15) is 19.4 Å². The molecule has 0 fully saturated rings. The minimum Gasteiger partial charge on any atom is -0.392 e. The van der Waals surface area contributed by atoms with Crippen LogP contribution in [0.15, 0.2) is 17.6 Å². The Balaban J connectivity index is 2.65. The molecule has 0 unspecified atom stereocenters. The van der Waals surface area contributed by atoms with Gasteiger partial charge in [0.2, 0.25) is 0 Å². The molecule has 0 spiro atoms. The first-order chi connectivity index (χ1) is 5.72. The van der Waals surface area contributed by atoms with Gasteiger partial charge in [0.25, 0.3) is 0 Å². The lowest BCUT2D eigenvalue weighted by atomic mass is 10.4. The van der Waals surface area contributed by atoms with Gasteiger partial charge < -0.3 is 5.11 Å². The SMILES string of the molecule is CC(C)Sc1ncc(CO)cn1. The Morgan fingerprint density at radius 3 is 2.42 bits per heavy atom. The number of aromatic nitrogens is 2. The van der Waals surface area contributed by atoms with E-state index in [-0.39, 0.29) is 6.61 Å². The van der Waals surface area contributed by atoms with Crippen molar-refractivity contribution < 1.29 is 5.11 Å². The highest BCUT2D eigenvalue weighted by Gasteiger charge is 2.00. The van der Waals surface area contributed by atoms with Crippen molar-refractivity contribution in [1.29, 1.82) is 0 Å². The lowest BCUT2D eigenvalue weighted by Crippen LogP contribution is -1.94. The molecule has 1 N–H and O–H groups in total. The molecule has 1 aromatic rings. The average molecular weight is 184 g/mol. The highest BCUT2D eigenvalue weighted by Crippen LogP contribution is 2.17. The highest BCUT2D eigenvalue weighted by atomic mass is 32.2. The zero-order chi connectivity index (χ0) is 8.97. The second kappa shape index (κ2) is 4.42. The van der Waals surface area contributed by atoms with Crippen LogP contribution in [0, 0.1) is 0 Å². The van der Waals surface area contributed by atoms with Crippen molar-refractivity contribution in [2.75, 3.05) is 0 Å². The summed E-state index contributed by atoms with van der Waals surface area (Å²) in [7, 11) is 0. The van der Waals surface area contributed by atoms with Crippen molar-refractivity contribution in [2.24, 2.45) is 0 Å². The van der Waals surface area contributed by atoms with Gasteiger partial charge in [-0.25, -0.2) is 9.97 Å². The predicted octanol–water partition coefficient (Wildman–Crippen LogP) is 1.47. The maximum atomic E-state index is 8.72. The van der Waals surface area contributed by atoms with E-state index in [1.54, 1.807) is 24.2 Å². The second-order valence-electron chi connectivity index (χ2n) is 2.70. The fourth-order valence-corrected chi connectivity index (χ4v) is 1.35. The van der Waals surface area contributed by atoms with Gasteiger partial charge in [-0.05, 0) is 0 Å². The number of hydrogen-bond acceptors (Lipinski definition) is 4. The minimum absolute atomic E-state index is 0.00657. The molecule has 3 nitrogen and oxygen atoms in total. The van der Waals surface area contributed by atoms with Gasteiger partial charge in [0.05, 0.1) is 6.61 Å². The van der Waals surface area contributed by atoms with Gasteiger partial charge in [-0.1, -0.05) is 25.6 Å². The van der Waals surface area contributed by atoms with Crippen LogP contribution in [0.5, 0.6) is 0 Å². The minimum atomic E-state index is 0.00657. The smallest absolute Gasteiger partial charge is 0.187 e. The van der Waals surface area contributed by atoms with Crippen molar-refractivity contribution >= 4 is 11.8 Å². The van der Waals surface area contributed by atoms with Crippen LogP contribution in [0.3, 0.4) is 0 Å². The van der Waals surface area contributed by atoms with Crippen molar-refractivity contribution in [3.63, 3.8) is 0 Å². The van der Waals surface area contributed by atoms with E-state index in [0.717, 1.165) is 10.7 Å². The zero-order valence-corrected chi connectivity index (χ0v) is 8.01. The normalized spacial score (nSPS) is 10.7. The molecule has 1 heterocycles. The lowest BCUT2D eigenvalue weighted by Gasteiger charge is -2.02. The standard InChI is InChI=1S/C8H12N2OS/c1-6(2)12-8-9-3-7(5-11)4-10-8/h3-4,6,11H,5H2,1-2H3. The monoisotopic (exact) mass is 184 g/mol. The molecule has 12 heavy (non-hydrogen) atoms. The van der Waals surface area contributed by atoms with E-state index in [2.05, 4.69) is 23.8 Å². The number of thioether (sulfide) groups is 1. The summed E-state index contributed by atoms with van der Waals surface area (Å²) in [4.78, 5) is 8.16. The summed E-state index contributed by atoms with van der Waals surface area (Å²) in [6.07, 6.45) is 3.30. The molecule has 0 radical (unpaired) electrons. The summed E-state index contributed by atoms with van der Waals surface area (Å²) in [6.45, 7) is 4.19. The molecule has 1 aromatic heterocycles. The van der Waals surface area contributed by atoms with Gasteiger partial charge in [-0.3, -0.25) is 0 Å². The van der Waals surface area contributed by atoms with Crippen LogP contribution in [-0.4, -0.2) is 20.3 Å². The fraction of sp³-hybridized carbons (Fsp3) is 0.500. The molecule has 66 valence electrons. The summed E-state index contributed by atoms with van der Waals surface area (Å²) < 4.78 is 0. The Morgan fingerprint density at radius 1 is 1.42 bits per heavy atom. The summed E-state index contributed by atoms with van der Waals surface area (Å²) in [5.41, 5.74) is 0.753. The van der Waals surface area contributed by atoms with Crippen molar-refractivity contribution in [3.8, 4) is 0 Å².